The van der Waals surface area contributed by atoms with Crippen molar-refractivity contribution in [2.75, 3.05) is 0 Å². The molecule has 3 rings (SSSR count). The molecule has 0 aliphatic carbocycles. The number of rotatable bonds is 5. The number of oxime groups is 1. The first-order chi connectivity index (χ1) is 11.1. The summed E-state index contributed by atoms with van der Waals surface area (Å²) >= 11 is 4.74. The van der Waals surface area contributed by atoms with E-state index in [4.69, 9.17) is 4.84 Å². The Hall–Kier alpha value is -2.26. The summed E-state index contributed by atoms with van der Waals surface area (Å²) in [7, 11) is 1.56. The summed E-state index contributed by atoms with van der Waals surface area (Å²) in [6, 6.07) is 9.31. The summed E-state index contributed by atoms with van der Waals surface area (Å²) in [5.41, 5.74) is 1.17. The van der Waals surface area contributed by atoms with Crippen molar-refractivity contribution in [2.24, 2.45) is 12.2 Å². The smallest absolute Gasteiger partial charge is 0.388 e. The highest BCUT2D eigenvalue weighted by atomic mass is 79.9. The van der Waals surface area contributed by atoms with Crippen molar-refractivity contribution in [1.82, 2.24) is 14.7 Å². The van der Waals surface area contributed by atoms with Gasteiger partial charge in [0.05, 0.1) is 0 Å². The summed E-state index contributed by atoms with van der Waals surface area (Å²) in [4.78, 5) is 21.1. The number of halogens is 1. The van der Waals surface area contributed by atoms with E-state index in [0.29, 0.717) is 11.5 Å². The Kier molecular flexibility index (Phi) is 4.68. The number of hydrogen-bond donors (Lipinski definition) is 0. The maximum absolute atomic E-state index is 11.5. The lowest BCUT2D eigenvalue weighted by Gasteiger charge is -2.04. The highest BCUT2D eigenvalue weighted by Gasteiger charge is 2.17. The van der Waals surface area contributed by atoms with E-state index < -0.39 is 5.76 Å². The number of hydrogen-bond acceptors (Lipinski definition) is 7. The van der Waals surface area contributed by atoms with Gasteiger partial charge in [0.15, 0.2) is 12.3 Å². The van der Waals surface area contributed by atoms with Crippen LogP contribution in [0.1, 0.15) is 16.4 Å². The second-order valence-corrected chi connectivity index (χ2v) is 6.23. The van der Waals surface area contributed by atoms with Crippen LogP contribution in [0.5, 0.6) is 0 Å². The van der Waals surface area contributed by atoms with Gasteiger partial charge in [-0.05, 0) is 15.9 Å². The quantitative estimate of drug-likeness (QED) is 0.490. The van der Waals surface area contributed by atoms with E-state index in [1.807, 2.05) is 35.7 Å². The monoisotopic (exact) mass is 394 g/mol. The average molecular weight is 395 g/mol. The highest BCUT2D eigenvalue weighted by molar-refractivity contribution is 9.10. The Morgan fingerprint density at radius 2 is 2.22 bits per heavy atom. The van der Waals surface area contributed by atoms with Gasteiger partial charge in [0.25, 0.3) is 0 Å². The largest absolute Gasteiger partial charge is 0.441 e. The van der Waals surface area contributed by atoms with Gasteiger partial charge in [0.1, 0.15) is 9.61 Å². The van der Waals surface area contributed by atoms with Gasteiger partial charge in [-0.2, -0.15) is 0 Å². The van der Waals surface area contributed by atoms with Gasteiger partial charge in [-0.1, -0.05) is 40.6 Å². The van der Waals surface area contributed by atoms with E-state index in [9.17, 15) is 4.79 Å². The average Bonchev–Trinajstić information content (AvgIpc) is 3.12. The number of nitrogens with zero attached hydrogens (tertiary/aromatic N) is 4. The van der Waals surface area contributed by atoms with Crippen LogP contribution in [0.15, 0.2) is 54.8 Å². The summed E-state index contributed by atoms with van der Waals surface area (Å²) in [5.74, 6) is -0.269. The van der Waals surface area contributed by atoms with E-state index >= 15 is 0 Å². The van der Waals surface area contributed by atoms with Crippen molar-refractivity contribution < 1.29 is 9.36 Å². The fourth-order valence-corrected chi connectivity index (χ4v) is 2.99. The topological polar surface area (TPSA) is 82.5 Å². The predicted molar refractivity (Wildman–Crippen MR) is 88.4 cm³/mol. The minimum atomic E-state index is -0.563. The molecule has 9 heteroatoms. The third kappa shape index (κ3) is 3.57. The molecule has 2 aromatic heterocycles. The molecule has 7 nitrogen and oxygen atoms in total. The third-order valence-corrected chi connectivity index (χ3v) is 4.46. The molecule has 3 aromatic rings. The number of aromatic nitrogens is 3. The molecule has 0 fully saturated rings. The Morgan fingerprint density at radius 1 is 1.43 bits per heavy atom. The van der Waals surface area contributed by atoms with Crippen LogP contribution < -0.4 is 5.76 Å². The van der Waals surface area contributed by atoms with E-state index in [2.05, 4.69) is 35.7 Å². The molecule has 0 unspecified atom stereocenters. The minimum absolute atomic E-state index is 0.221. The van der Waals surface area contributed by atoms with Crippen molar-refractivity contribution in [3.63, 3.8) is 0 Å². The predicted octanol–water partition coefficient (Wildman–Crippen LogP) is 2.56. The van der Waals surface area contributed by atoms with Crippen molar-refractivity contribution >= 4 is 33.0 Å². The molecule has 1 aromatic carbocycles. The molecule has 0 amide bonds. The van der Waals surface area contributed by atoms with Gasteiger partial charge < -0.3 is 4.84 Å². The Balaban J connectivity index is 1.90. The Morgan fingerprint density at radius 3 is 2.83 bits per heavy atom. The lowest BCUT2D eigenvalue weighted by molar-refractivity contribution is 0.130. The maximum Gasteiger partial charge on any atom is 0.441 e. The van der Waals surface area contributed by atoms with Crippen LogP contribution in [0.3, 0.4) is 0 Å². The molecular weight excluding hydrogens is 384 g/mol. The number of benzene rings is 1. The Bertz CT molecular complexity index is 885. The Labute approximate surface area is 143 Å². The van der Waals surface area contributed by atoms with E-state index in [1.54, 1.807) is 7.05 Å². The first-order valence-corrected chi connectivity index (χ1v) is 8.21. The molecule has 2 heterocycles. The molecule has 0 spiro atoms. The molecule has 0 aliphatic rings. The summed E-state index contributed by atoms with van der Waals surface area (Å²) in [6.45, 7) is 0.221. The van der Waals surface area contributed by atoms with Gasteiger partial charge in [-0.3, -0.25) is 9.09 Å². The lowest BCUT2D eigenvalue weighted by Crippen LogP contribution is -2.17. The highest BCUT2D eigenvalue weighted by Crippen LogP contribution is 2.16. The van der Waals surface area contributed by atoms with Crippen LogP contribution >= 0.6 is 27.3 Å². The van der Waals surface area contributed by atoms with Crippen LogP contribution in [0.2, 0.25) is 0 Å². The molecule has 118 valence electrons. The molecule has 0 saturated carbocycles. The molecule has 0 saturated heterocycles. The fourth-order valence-electron chi connectivity index (χ4n) is 1.82. The maximum atomic E-state index is 11.5. The fraction of sp³-hybridized carbons (Fsp3) is 0.143. The first-order valence-electron chi connectivity index (χ1n) is 6.53. The first kappa shape index (κ1) is 15.6. The zero-order valence-electron chi connectivity index (χ0n) is 12.0. The molecule has 0 atom stereocenters. The third-order valence-electron chi connectivity index (χ3n) is 2.93. The van der Waals surface area contributed by atoms with Crippen molar-refractivity contribution in [3.05, 3.63) is 67.3 Å². The standard InChI is InChI=1S/C14H11BrN4O3S/c1-19-13(18-22-14(19)20)12(9-5-3-2-4-6-9)17-21-7-11-16-10(15)8-23-11/h2-6,8H,7H2,1H3. The molecule has 0 radical (unpaired) electrons. The molecule has 0 N–H and O–H groups in total. The van der Waals surface area contributed by atoms with Crippen LogP contribution in [-0.2, 0) is 18.5 Å². The summed E-state index contributed by atoms with van der Waals surface area (Å²) < 4.78 is 6.70. The zero-order chi connectivity index (χ0) is 16.2. The van der Waals surface area contributed by atoms with Crippen LogP contribution in [-0.4, -0.2) is 20.4 Å². The molecule has 23 heavy (non-hydrogen) atoms. The molecular formula is C14H11BrN4O3S. The van der Waals surface area contributed by atoms with Gasteiger partial charge in [0.2, 0.25) is 5.82 Å². The minimum Gasteiger partial charge on any atom is -0.388 e. The second-order valence-electron chi connectivity index (χ2n) is 4.47. The van der Waals surface area contributed by atoms with Crippen LogP contribution in [0.4, 0.5) is 0 Å². The van der Waals surface area contributed by atoms with Crippen molar-refractivity contribution in [1.29, 1.82) is 0 Å². The summed E-state index contributed by atoms with van der Waals surface area (Å²) in [5, 5.41) is 10.5. The van der Waals surface area contributed by atoms with Crippen LogP contribution in [0.25, 0.3) is 0 Å². The lowest BCUT2D eigenvalue weighted by atomic mass is 10.1. The van der Waals surface area contributed by atoms with Gasteiger partial charge in [0, 0.05) is 18.0 Å². The van der Waals surface area contributed by atoms with Gasteiger partial charge in [-0.25, -0.2) is 9.78 Å². The van der Waals surface area contributed by atoms with Crippen molar-refractivity contribution in [3.8, 4) is 0 Å². The van der Waals surface area contributed by atoms with Crippen LogP contribution in [0, 0.1) is 0 Å². The molecule has 0 aliphatic heterocycles. The second kappa shape index (κ2) is 6.88. The molecule has 0 bridgehead atoms. The van der Waals surface area contributed by atoms with E-state index in [0.717, 1.165) is 15.2 Å². The van der Waals surface area contributed by atoms with E-state index in [1.165, 1.54) is 15.9 Å². The SMILES string of the molecule is Cn1c(C(=NOCc2nc(Br)cs2)c2ccccc2)noc1=O. The van der Waals surface area contributed by atoms with Crippen molar-refractivity contribution in [2.45, 2.75) is 6.61 Å². The summed E-state index contributed by atoms with van der Waals surface area (Å²) in [6.07, 6.45) is 0. The zero-order valence-corrected chi connectivity index (χ0v) is 14.4. The van der Waals surface area contributed by atoms with Gasteiger partial charge >= 0.3 is 5.76 Å². The van der Waals surface area contributed by atoms with E-state index in [-0.39, 0.29) is 6.61 Å². The van der Waals surface area contributed by atoms with Gasteiger partial charge in [-0.15, -0.1) is 11.3 Å². The normalized spacial score (nSPS) is 11.7. The number of thiazole rings is 1.